The predicted molar refractivity (Wildman–Crippen MR) is 107 cm³/mol. The van der Waals surface area contributed by atoms with Gasteiger partial charge in [-0.2, -0.15) is 5.10 Å². The smallest absolute Gasteiger partial charge is 0.272 e. The van der Waals surface area contributed by atoms with Gasteiger partial charge in [-0.1, -0.05) is 30.3 Å². The summed E-state index contributed by atoms with van der Waals surface area (Å²) in [6.07, 6.45) is 1.88. The summed E-state index contributed by atoms with van der Waals surface area (Å²) in [4.78, 5) is 15.1. The molecule has 2 aromatic carbocycles. The van der Waals surface area contributed by atoms with Crippen LogP contribution in [0.4, 0.5) is 0 Å². The fourth-order valence-electron chi connectivity index (χ4n) is 3.79. The number of benzene rings is 2. The van der Waals surface area contributed by atoms with E-state index in [0.29, 0.717) is 5.69 Å². The van der Waals surface area contributed by atoms with Crippen LogP contribution in [0.3, 0.4) is 0 Å². The molecule has 0 radical (unpaired) electrons. The Labute approximate surface area is 164 Å². The Kier molecular flexibility index (Phi) is 5.02. The van der Waals surface area contributed by atoms with Gasteiger partial charge in [-0.05, 0) is 37.1 Å². The molecular weight excluding hydrogens is 354 g/mol. The van der Waals surface area contributed by atoms with Gasteiger partial charge in [0.2, 0.25) is 0 Å². The molecule has 1 saturated heterocycles. The number of likely N-dealkylation sites (tertiary alicyclic amines) is 1. The molecule has 4 rings (SSSR count). The van der Waals surface area contributed by atoms with E-state index in [1.165, 1.54) is 0 Å². The molecule has 28 heavy (non-hydrogen) atoms. The maximum Gasteiger partial charge on any atom is 0.272 e. The van der Waals surface area contributed by atoms with Crippen molar-refractivity contribution < 1.29 is 14.3 Å². The summed E-state index contributed by atoms with van der Waals surface area (Å²) < 4.78 is 10.8. The van der Waals surface area contributed by atoms with Crippen LogP contribution in [0.15, 0.2) is 54.6 Å². The summed E-state index contributed by atoms with van der Waals surface area (Å²) in [7, 11) is 3.29. The van der Waals surface area contributed by atoms with Gasteiger partial charge < -0.3 is 14.4 Å². The van der Waals surface area contributed by atoms with Crippen LogP contribution in [0.25, 0.3) is 11.3 Å². The molecular formula is C22H23N3O3. The minimum atomic E-state index is -0.0462. The molecule has 1 unspecified atom stereocenters. The van der Waals surface area contributed by atoms with Gasteiger partial charge in [-0.15, -0.1) is 0 Å². The van der Waals surface area contributed by atoms with E-state index in [1.807, 2.05) is 53.4 Å². The Balaban J connectivity index is 1.60. The maximum atomic E-state index is 13.2. The Morgan fingerprint density at radius 2 is 1.96 bits per heavy atom. The number of methoxy groups -OCH3 is 2. The van der Waals surface area contributed by atoms with Crippen molar-refractivity contribution in [3.05, 3.63) is 65.9 Å². The van der Waals surface area contributed by atoms with Crippen molar-refractivity contribution in [3.8, 4) is 22.8 Å². The summed E-state index contributed by atoms with van der Waals surface area (Å²) >= 11 is 0. The normalized spacial score (nSPS) is 16.2. The van der Waals surface area contributed by atoms with Crippen LogP contribution in [0.5, 0.6) is 11.5 Å². The second kappa shape index (κ2) is 7.76. The zero-order valence-electron chi connectivity index (χ0n) is 16.0. The van der Waals surface area contributed by atoms with E-state index in [-0.39, 0.29) is 11.9 Å². The van der Waals surface area contributed by atoms with Gasteiger partial charge in [0.05, 0.1) is 26.0 Å². The number of aromatic nitrogens is 2. The molecule has 2 heterocycles. The molecule has 1 N–H and O–H groups in total. The molecule has 0 aliphatic carbocycles. The van der Waals surface area contributed by atoms with Crippen LogP contribution in [0.2, 0.25) is 0 Å². The van der Waals surface area contributed by atoms with Gasteiger partial charge in [0, 0.05) is 17.7 Å². The monoisotopic (exact) mass is 377 g/mol. The van der Waals surface area contributed by atoms with Crippen molar-refractivity contribution in [2.75, 3.05) is 20.8 Å². The molecule has 3 aromatic rings. The molecule has 0 saturated carbocycles. The Morgan fingerprint density at radius 1 is 1.11 bits per heavy atom. The molecule has 0 spiro atoms. The molecule has 6 nitrogen and oxygen atoms in total. The van der Waals surface area contributed by atoms with Crippen molar-refractivity contribution >= 4 is 5.91 Å². The third-order valence-corrected chi connectivity index (χ3v) is 5.19. The zero-order valence-corrected chi connectivity index (χ0v) is 16.0. The van der Waals surface area contributed by atoms with E-state index < -0.39 is 0 Å². The van der Waals surface area contributed by atoms with Crippen LogP contribution < -0.4 is 9.47 Å². The van der Waals surface area contributed by atoms with E-state index in [0.717, 1.165) is 47.7 Å². The minimum absolute atomic E-state index is 0.00668. The number of nitrogens with zero attached hydrogens (tertiary/aromatic N) is 2. The maximum absolute atomic E-state index is 13.2. The number of aromatic amines is 1. The number of carbonyl (C=O) groups excluding carboxylic acids is 1. The molecule has 1 atom stereocenters. The third-order valence-electron chi connectivity index (χ3n) is 5.19. The number of nitrogens with one attached hydrogen (secondary N) is 1. The lowest BCUT2D eigenvalue weighted by Gasteiger charge is -2.25. The van der Waals surface area contributed by atoms with Gasteiger partial charge in [0.1, 0.15) is 17.2 Å². The molecule has 6 heteroatoms. The molecule has 1 aromatic heterocycles. The molecule has 1 fully saturated rings. The number of hydrogen-bond acceptors (Lipinski definition) is 4. The number of hydrogen-bond donors (Lipinski definition) is 1. The predicted octanol–water partition coefficient (Wildman–Crippen LogP) is 4.07. The first kappa shape index (κ1) is 18.1. The summed E-state index contributed by atoms with van der Waals surface area (Å²) in [5.41, 5.74) is 3.15. The number of carbonyl (C=O) groups is 1. The van der Waals surface area contributed by atoms with Crippen molar-refractivity contribution in [1.29, 1.82) is 0 Å². The van der Waals surface area contributed by atoms with E-state index in [4.69, 9.17) is 9.47 Å². The lowest BCUT2D eigenvalue weighted by atomic mass is 10.0. The van der Waals surface area contributed by atoms with Crippen molar-refractivity contribution in [3.63, 3.8) is 0 Å². The van der Waals surface area contributed by atoms with E-state index >= 15 is 0 Å². The summed E-state index contributed by atoms with van der Waals surface area (Å²) in [6, 6.07) is 17.3. The van der Waals surface area contributed by atoms with E-state index in [2.05, 4.69) is 10.2 Å². The van der Waals surface area contributed by atoms with Gasteiger partial charge in [-0.3, -0.25) is 9.89 Å². The van der Waals surface area contributed by atoms with Crippen molar-refractivity contribution in [1.82, 2.24) is 15.1 Å². The second-order valence-corrected chi connectivity index (χ2v) is 6.80. The molecule has 0 bridgehead atoms. The first-order chi connectivity index (χ1) is 13.7. The SMILES string of the molecule is COc1cccc(-c2cc(C(=O)N3CCCC3c3ccccc3OC)[nH]n2)c1. The number of ether oxygens (including phenoxy) is 2. The van der Waals surface area contributed by atoms with E-state index in [1.54, 1.807) is 20.3 Å². The highest BCUT2D eigenvalue weighted by Gasteiger charge is 2.33. The number of para-hydroxylation sites is 1. The fraction of sp³-hybridized carbons (Fsp3) is 0.273. The van der Waals surface area contributed by atoms with Crippen LogP contribution in [-0.2, 0) is 0 Å². The number of amides is 1. The van der Waals surface area contributed by atoms with Crippen molar-refractivity contribution in [2.24, 2.45) is 0 Å². The van der Waals surface area contributed by atoms with Crippen LogP contribution in [0.1, 0.15) is 34.9 Å². The highest BCUT2D eigenvalue weighted by Crippen LogP contribution is 2.37. The Morgan fingerprint density at radius 3 is 2.79 bits per heavy atom. The first-order valence-electron chi connectivity index (χ1n) is 9.35. The van der Waals surface area contributed by atoms with Gasteiger partial charge >= 0.3 is 0 Å². The lowest BCUT2D eigenvalue weighted by molar-refractivity contribution is 0.0728. The molecule has 144 valence electrons. The van der Waals surface area contributed by atoms with Gasteiger partial charge in [-0.25, -0.2) is 0 Å². The molecule has 1 aliphatic rings. The standard InChI is InChI=1S/C22H23N3O3/c1-27-16-8-5-7-15(13-16)18-14-19(24-23-18)22(26)25-12-6-10-20(25)17-9-3-4-11-21(17)28-2/h3-5,7-9,11,13-14,20H,6,10,12H2,1-2H3,(H,23,24). The molecule has 1 aliphatic heterocycles. The van der Waals surface area contributed by atoms with Crippen LogP contribution in [-0.4, -0.2) is 41.8 Å². The van der Waals surface area contributed by atoms with E-state index in [9.17, 15) is 4.79 Å². The average Bonchev–Trinajstić information content (AvgIpc) is 3.43. The highest BCUT2D eigenvalue weighted by atomic mass is 16.5. The zero-order chi connectivity index (χ0) is 19.5. The average molecular weight is 377 g/mol. The van der Waals surface area contributed by atoms with Crippen LogP contribution in [0, 0.1) is 0 Å². The fourth-order valence-corrected chi connectivity index (χ4v) is 3.79. The van der Waals surface area contributed by atoms with Crippen molar-refractivity contribution in [2.45, 2.75) is 18.9 Å². The summed E-state index contributed by atoms with van der Waals surface area (Å²) in [6.45, 7) is 0.717. The number of H-pyrrole nitrogens is 1. The third kappa shape index (κ3) is 3.33. The Hall–Kier alpha value is -3.28. The largest absolute Gasteiger partial charge is 0.497 e. The molecule has 1 amide bonds. The summed E-state index contributed by atoms with van der Waals surface area (Å²) in [5, 5.41) is 7.24. The Bertz CT molecular complexity index is 982. The highest BCUT2D eigenvalue weighted by molar-refractivity contribution is 5.94. The topological polar surface area (TPSA) is 67.4 Å². The second-order valence-electron chi connectivity index (χ2n) is 6.80. The van der Waals surface area contributed by atoms with Crippen LogP contribution >= 0.6 is 0 Å². The lowest BCUT2D eigenvalue weighted by Crippen LogP contribution is -2.31. The van der Waals surface area contributed by atoms with Gasteiger partial charge in [0.15, 0.2) is 0 Å². The summed E-state index contributed by atoms with van der Waals surface area (Å²) in [5.74, 6) is 1.52. The minimum Gasteiger partial charge on any atom is -0.497 e. The quantitative estimate of drug-likeness (QED) is 0.728. The first-order valence-corrected chi connectivity index (χ1v) is 9.35. The number of rotatable bonds is 5. The van der Waals surface area contributed by atoms with Gasteiger partial charge in [0.25, 0.3) is 5.91 Å².